The van der Waals surface area contributed by atoms with E-state index in [1.54, 1.807) is 4.90 Å². The first-order valence-electron chi connectivity index (χ1n) is 7.38. The highest BCUT2D eigenvalue weighted by Crippen LogP contribution is 2.29. The molecule has 2 aliphatic rings. The van der Waals surface area contributed by atoms with E-state index in [2.05, 4.69) is 13.8 Å². The molecule has 2 amide bonds. The molecule has 19 heavy (non-hydrogen) atoms. The first-order chi connectivity index (χ1) is 9.06. The molecule has 0 aromatic rings. The first kappa shape index (κ1) is 14.2. The second-order valence-corrected chi connectivity index (χ2v) is 5.72. The largest absolute Gasteiger partial charge is 0.480 e. The predicted molar refractivity (Wildman–Crippen MR) is 72.0 cm³/mol. The van der Waals surface area contributed by atoms with E-state index in [1.807, 2.05) is 4.90 Å². The number of amides is 2. The molecular formula is C14H24N2O3. The van der Waals surface area contributed by atoms with Crippen molar-refractivity contribution < 1.29 is 14.7 Å². The zero-order valence-corrected chi connectivity index (χ0v) is 11.8. The third-order valence-electron chi connectivity index (χ3n) is 4.51. The van der Waals surface area contributed by atoms with Gasteiger partial charge in [0.1, 0.15) is 6.04 Å². The summed E-state index contributed by atoms with van der Waals surface area (Å²) in [7, 11) is 0. The minimum absolute atomic E-state index is 0.0658. The van der Waals surface area contributed by atoms with Crippen LogP contribution in [0.1, 0.15) is 52.4 Å². The standard InChI is InChI=1S/C14H24N2O3/c1-3-11-8-7-10(2)16(11)14(19)15-9-5-4-6-12(15)13(17)18/h10-12H,3-9H2,1-2H3,(H,17,18). The maximum Gasteiger partial charge on any atom is 0.326 e. The number of hydrogen-bond donors (Lipinski definition) is 1. The monoisotopic (exact) mass is 268 g/mol. The van der Waals surface area contributed by atoms with E-state index in [9.17, 15) is 14.7 Å². The molecule has 2 heterocycles. The lowest BCUT2D eigenvalue weighted by molar-refractivity contribution is -0.143. The van der Waals surface area contributed by atoms with Gasteiger partial charge in [-0.15, -0.1) is 0 Å². The lowest BCUT2D eigenvalue weighted by Gasteiger charge is -2.39. The summed E-state index contributed by atoms with van der Waals surface area (Å²) >= 11 is 0. The Balaban J connectivity index is 2.14. The van der Waals surface area contributed by atoms with E-state index < -0.39 is 12.0 Å². The Labute approximate surface area is 114 Å². The number of piperidine rings is 1. The molecule has 0 radical (unpaired) electrons. The Hall–Kier alpha value is -1.26. The van der Waals surface area contributed by atoms with Crippen LogP contribution < -0.4 is 0 Å². The average Bonchev–Trinajstić information content (AvgIpc) is 2.79. The number of urea groups is 1. The SMILES string of the molecule is CCC1CCC(C)N1C(=O)N1CCCCC1C(=O)O. The van der Waals surface area contributed by atoms with Crippen LogP contribution >= 0.6 is 0 Å². The van der Waals surface area contributed by atoms with Gasteiger partial charge in [0.2, 0.25) is 0 Å². The molecule has 3 unspecified atom stereocenters. The van der Waals surface area contributed by atoms with Gasteiger partial charge in [-0.3, -0.25) is 0 Å². The summed E-state index contributed by atoms with van der Waals surface area (Å²) in [6.45, 7) is 4.73. The first-order valence-corrected chi connectivity index (χ1v) is 7.38. The third kappa shape index (κ3) is 2.69. The number of nitrogens with zero attached hydrogens (tertiary/aromatic N) is 2. The van der Waals surface area contributed by atoms with Crippen molar-refractivity contribution in [2.45, 2.75) is 70.5 Å². The van der Waals surface area contributed by atoms with Gasteiger partial charge in [0.25, 0.3) is 0 Å². The maximum atomic E-state index is 12.7. The average molecular weight is 268 g/mol. The molecule has 5 nitrogen and oxygen atoms in total. The summed E-state index contributed by atoms with van der Waals surface area (Å²) in [6.07, 6.45) is 5.40. The Bertz CT molecular complexity index is 359. The van der Waals surface area contributed by atoms with Crippen LogP contribution in [0.15, 0.2) is 0 Å². The van der Waals surface area contributed by atoms with Crippen LogP contribution in [0, 0.1) is 0 Å². The minimum atomic E-state index is -0.868. The highest BCUT2D eigenvalue weighted by molar-refractivity contribution is 5.83. The topological polar surface area (TPSA) is 60.9 Å². The summed E-state index contributed by atoms with van der Waals surface area (Å²) in [5, 5.41) is 9.28. The molecule has 2 aliphatic heterocycles. The van der Waals surface area contributed by atoms with Crippen LogP contribution in [0.25, 0.3) is 0 Å². The predicted octanol–water partition coefficient (Wildman–Crippen LogP) is 2.31. The lowest BCUT2D eigenvalue weighted by atomic mass is 10.0. The zero-order chi connectivity index (χ0) is 14.0. The highest BCUT2D eigenvalue weighted by atomic mass is 16.4. The van der Waals surface area contributed by atoms with Gasteiger partial charge in [-0.2, -0.15) is 0 Å². The lowest BCUT2D eigenvalue weighted by Crippen LogP contribution is -2.55. The third-order valence-corrected chi connectivity index (χ3v) is 4.51. The molecule has 0 aromatic carbocycles. The summed E-state index contributed by atoms with van der Waals surface area (Å²) < 4.78 is 0. The smallest absolute Gasteiger partial charge is 0.326 e. The number of carbonyl (C=O) groups excluding carboxylic acids is 1. The molecule has 2 saturated heterocycles. The number of aliphatic carboxylic acids is 1. The molecule has 108 valence electrons. The normalized spacial score (nSPS) is 31.6. The summed E-state index contributed by atoms with van der Waals surface area (Å²) in [5.41, 5.74) is 0. The molecule has 5 heteroatoms. The second kappa shape index (κ2) is 5.80. The summed E-state index contributed by atoms with van der Waals surface area (Å²) in [6, 6.07) is -0.191. The summed E-state index contributed by atoms with van der Waals surface area (Å²) in [5.74, 6) is -0.868. The van der Waals surface area contributed by atoms with Gasteiger partial charge in [-0.05, 0) is 45.4 Å². The number of likely N-dealkylation sites (tertiary alicyclic amines) is 2. The number of carbonyl (C=O) groups is 2. The molecule has 0 aliphatic carbocycles. The van der Waals surface area contributed by atoms with E-state index in [4.69, 9.17) is 0 Å². The van der Waals surface area contributed by atoms with Crippen molar-refractivity contribution in [3.63, 3.8) is 0 Å². The number of hydrogen-bond acceptors (Lipinski definition) is 2. The van der Waals surface area contributed by atoms with E-state index >= 15 is 0 Å². The molecular weight excluding hydrogens is 244 g/mol. The molecule has 2 rings (SSSR count). The summed E-state index contributed by atoms with van der Waals surface area (Å²) in [4.78, 5) is 27.5. The minimum Gasteiger partial charge on any atom is -0.480 e. The van der Waals surface area contributed by atoms with E-state index in [0.29, 0.717) is 13.0 Å². The van der Waals surface area contributed by atoms with Crippen molar-refractivity contribution >= 4 is 12.0 Å². The molecule has 0 bridgehead atoms. The van der Waals surface area contributed by atoms with Crippen molar-refractivity contribution in [3.8, 4) is 0 Å². The highest BCUT2D eigenvalue weighted by Gasteiger charge is 2.40. The Kier molecular flexibility index (Phi) is 4.32. The Morgan fingerprint density at radius 1 is 1.21 bits per heavy atom. The van der Waals surface area contributed by atoms with Gasteiger partial charge in [-0.25, -0.2) is 9.59 Å². The molecule has 0 saturated carbocycles. The van der Waals surface area contributed by atoms with Gasteiger partial charge in [-0.1, -0.05) is 6.92 Å². The van der Waals surface area contributed by atoms with Crippen molar-refractivity contribution in [2.75, 3.05) is 6.54 Å². The molecule has 3 atom stereocenters. The van der Waals surface area contributed by atoms with Gasteiger partial charge in [0.15, 0.2) is 0 Å². The van der Waals surface area contributed by atoms with Crippen LogP contribution in [0.5, 0.6) is 0 Å². The van der Waals surface area contributed by atoms with Gasteiger partial charge in [0, 0.05) is 18.6 Å². The van der Waals surface area contributed by atoms with Crippen molar-refractivity contribution in [3.05, 3.63) is 0 Å². The maximum absolute atomic E-state index is 12.7. The van der Waals surface area contributed by atoms with E-state index in [-0.39, 0.29) is 18.1 Å². The van der Waals surface area contributed by atoms with Crippen molar-refractivity contribution in [2.24, 2.45) is 0 Å². The number of rotatable bonds is 2. The number of carboxylic acid groups (broad SMARTS) is 1. The van der Waals surface area contributed by atoms with Crippen LogP contribution in [0.3, 0.4) is 0 Å². The van der Waals surface area contributed by atoms with Gasteiger partial charge < -0.3 is 14.9 Å². The van der Waals surface area contributed by atoms with E-state index in [0.717, 1.165) is 32.1 Å². The van der Waals surface area contributed by atoms with Crippen LogP contribution in [-0.4, -0.2) is 51.6 Å². The van der Waals surface area contributed by atoms with Crippen LogP contribution in [-0.2, 0) is 4.79 Å². The molecule has 1 N–H and O–H groups in total. The Morgan fingerprint density at radius 3 is 2.58 bits per heavy atom. The van der Waals surface area contributed by atoms with E-state index in [1.165, 1.54) is 0 Å². The quantitative estimate of drug-likeness (QED) is 0.836. The fraction of sp³-hybridized carbons (Fsp3) is 0.857. The second-order valence-electron chi connectivity index (χ2n) is 5.72. The number of carboxylic acids is 1. The molecule has 2 fully saturated rings. The van der Waals surface area contributed by atoms with Gasteiger partial charge >= 0.3 is 12.0 Å². The van der Waals surface area contributed by atoms with Gasteiger partial charge in [0.05, 0.1) is 0 Å². The van der Waals surface area contributed by atoms with Crippen molar-refractivity contribution in [1.82, 2.24) is 9.80 Å². The fourth-order valence-electron chi connectivity index (χ4n) is 3.38. The van der Waals surface area contributed by atoms with Crippen LogP contribution in [0.4, 0.5) is 4.79 Å². The molecule has 0 spiro atoms. The zero-order valence-electron chi connectivity index (χ0n) is 11.8. The fourth-order valence-corrected chi connectivity index (χ4v) is 3.38. The van der Waals surface area contributed by atoms with Crippen LogP contribution in [0.2, 0.25) is 0 Å². The van der Waals surface area contributed by atoms with Crippen molar-refractivity contribution in [1.29, 1.82) is 0 Å². The molecule has 0 aromatic heterocycles. The Morgan fingerprint density at radius 2 is 1.95 bits per heavy atom.